The molecule has 0 radical (unpaired) electrons. The van der Waals surface area contributed by atoms with Crippen molar-refractivity contribution in [3.05, 3.63) is 90.6 Å². The van der Waals surface area contributed by atoms with E-state index in [1.54, 1.807) is 13.3 Å². The summed E-state index contributed by atoms with van der Waals surface area (Å²) in [7, 11) is 1.68. The maximum absolute atomic E-state index is 10.6. The lowest BCUT2D eigenvalue weighted by Gasteiger charge is -2.41. The van der Waals surface area contributed by atoms with Gasteiger partial charge in [-0.3, -0.25) is 9.78 Å². The van der Waals surface area contributed by atoms with E-state index in [0.717, 1.165) is 97.6 Å². The number of methoxy groups -OCH3 is 1. The number of quaternary nitrogens is 1. The normalized spacial score (nSPS) is 14.1. The molecule has 4 aromatic rings. The van der Waals surface area contributed by atoms with Gasteiger partial charge >= 0.3 is 5.97 Å². The maximum Gasteiger partial charge on any atom is 0.303 e. The summed E-state index contributed by atoms with van der Waals surface area (Å²) in [5.74, 6) is 2.12. The number of fused-ring (bicyclic) bond motifs is 1. The molecule has 0 bridgehead atoms. The number of morpholine rings is 1. The summed E-state index contributed by atoms with van der Waals surface area (Å²) < 4.78 is 25.5. The minimum absolute atomic E-state index is 0.123. The number of hydrogen-bond donors (Lipinski definition) is 2. The first-order valence-electron chi connectivity index (χ1n) is 22.2. The van der Waals surface area contributed by atoms with Gasteiger partial charge in [-0.25, -0.2) is 0 Å². The van der Waals surface area contributed by atoms with E-state index < -0.39 is 5.97 Å². The Bertz CT molecular complexity index is 1860. The van der Waals surface area contributed by atoms with Crippen LogP contribution in [0.1, 0.15) is 116 Å². The number of carboxylic acids is 1. The average molecular weight is 809 g/mol. The third kappa shape index (κ3) is 15.5. The Balaban J connectivity index is 1.03. The van der Waals surface area contributed by atoms with Crippen LogP contribution in [0.5, 0.6) is 23.0 Å². The molecule has 1 aromatic heterocycles. The highest BCUT2D eigenvalue weighted by molar-refractivity contribution is 5.88. The molecular weight excluding hydrogens is 739 g/mol. The van der Waals surface area contributed by atoms with Gasteiger partial charge in [0.15, 0.2) is 11.5 Å². The number of allylic oxidation sites excluding steroid dienone is 2. The summed E-state index contributed by atoms with van der Waals surface area (Å²) in [6, 6.07) is 22.4. The van der Waals surface area contributed by atoms with Gasteiger partial charge in [-0.2, -0.15) is 0 Å². The molecule has 0 saturated carbocycles. The Morgan fingerprint density at radius 1 is 0.763 bits per heavy atom. The van der Waals surface area contributed by atoms with Crippen molar-refractivity contribution < 1.29 is 33.3 Å². The van der Waals surface area contributed by atoms with Crippen LogP contribution >= 0.6 is 0 Å². The van der Waals surface area contributed by atoms with Gasteiger partial charge in [0.05, 0.1) is 32.4 Å². The smallest absolute Gasteiger partial charge is 0.303 e. The van der Waals surface area contributed by atoms with E-state index in [9.17, 15) is 4.79 Å². The van der Waals surface area contributed by atoms with E-state index in [1.165, 1.54) is 63.4 Å². The highest BCUT2D eigenvalue weighted by Crippen LogP contribution is 2.37. The van der Waals surface area contributed by atoms with Crippen molar-refractivity contribution in [1.29, 1.82) is 0 Å². The predicted octanol–water partition coefficient (Wildman–Crippen LogP) is 12.4. The minimum atomic E-state index is -0.681. The van der Waals surface area contributed by atoms with Gasteiger partial charge in [-0.1, -0.05) is 83.6 Å². The van der Waals surface area contributed by atoms with Crippen molar-refractivity contribution in [2.45, 2.75) is 116 Å². The second-order valence-electron chi connectivity index (χ2n) is 17.2. The number of rotatable bonds is 26. The molecule has 320 valence electrons. The summed E-state index contributed by atoms with van der Waals surface area (Å²) >= 11 is 0. The SMILES string of the molecule is COc1cc2c(Oc3ccc(Nc4ccc(C(C)(C)C)cc4)cc3)ccnc2cc1OCC[N+]1(CCCCCCCC/C=C\CCCCCCCC(=O)O)CCOCC1. The van der Waals surface area contributed by atoms with E-state index in [-0.39, 0.29) is 5.41 Å². The molecule has 0 unspecified atom stereocenters. The summed E-state index contributed by atoms with van der Waals surface area (Å²) in [5, 5.41) is 13.1. The van der Waals surface area contributed by atoms with Crippen LogP contribution in [0.4, 0.5) is 11.4 Å². The first kappa shape index (κ1) is 45.5. The topological polar surface area (TPSA) is 99.1 Å². The molecule has 0 spiro atoms. The molecule has 1 aliphatic heterocycles. The van der Waals surface area contributed by atoms with E-state index in [0.29, 0.717) is 30.3 Å². The third-order valence-corrected chi connectivity index (χ3v) is 11.5. The fraction of sp³-hybridized carbons (Fsp3) is 0.520. The lowest BCUT2D eigenvalue weighted by atomic mass is 9.87. The number of aliphatic carboxylic acids is 1. The van der Waals surface area contributed by atoms with Crippen LogP contribution in [-0.4, -0.2) is 73.7 Å². The van der Waals surface area contributed by atoms with E-state index in [4.69, 9.17) is 24.1 Å². The van der Waals surface area contributed by atoms with Crippen molar-refractivity contribution >= 4 is 28.2 Å². The Labute approximate surface area is 353 Å². The standard InChI is InChI=1S/C50H69N3O6/c1-50(2,3)40-21-23-41(24-22-40)52-42-25-27-43(28-26-42)59-46-29-30-51-45-39-48(47(56-4)38-44(45)46)58-37-34-53(32-35-57-36-33-53)31-19-17-15-13-11-9-7-5-6-8-10-12-14-16-18-20-49(54)55/h5-6,21-30,38-39,52H,7-20,31-37H2,1-4H3/p+1/b6-5-. The van der Waals surface area contributed by atoms with Crippen LogP contribution in [0.3, 0.4) is 0 Å². The van der Waals surface area contributed by atoms with Crippen molar-refractivity contribution in [2.24, 2.45) is 0 Å². The Morgan fingerprint density at radius 3 is 2.00 bits per heavy atom. The number of nitrogens with zero attached hydrogens (tertiary/aromatic N) is 2. The second kappa shape index (κ2) is 23.9. The molecule has 0 amide bonds. The number of ether oxygens (including phenoxy) is 4. The Hall–Kier alpha value is -4.60. The van der Waals surface area contributed by atoms with Crippen LogP contribution < -0.4 is 19.5 Å². The summed E-state index contributed by atoms with van der Waals surface area (Å²) in [6.45, 7) is 13.0. The number of hydrogen-bond acceptors (Lipinski definition) is 7. The third-order valence-electron chi connectivity index (χ3n) is 11.5. The molecule has 2 N–H and O–H groups in total. The molecule has 1 saturated heterocycles. The van der Waals surface area contributed by atoms with Crippen LogP contribution in [0.25, 0.3) is 10.9 Å². The van der Waals surface area contributed by atoms with Gasteiger partial charge in [-0.15, -0.1) is 0 Å². The highest BCUT2D eigenvalue weighted by atomic mass is 16.5. The van der Waals surface area contributed by atoms with Crippen LogP contribution in [0.2, 0.25) is 0 Å². The molecule has 5 rings (SSSR count). The van der Waals surface area contributed by atoms with E-state index in [2.05, 4.69) is 67.5 Å². The molecule has 0 atom stereocenters. The molecular formula is C50H70N3O6+. The summed E-state index contributed by atoms with van der Waals surface area (Å²) in [4.78, 5) is 15.2. The fourth-order valence-corrected chi connectivity index (χ4v) is 7.80. The Morgan fingerprint density at radius 2 is 1.37 bits per heavy atom. The predicted molar refractivity (Wildman–Crippen MR) is 241 cm³/mol. The molecule has 1 aliphatic rings. The molecule has 2 heterocycles. The van der Waals surface area contributed by atoms with Gasteiger partial charge in [0.2, 0.25) is 0 Å². The first-order valence-corrected chi connectivity index (χ1v) is 22.2. The van der Waals surface area contributed by atoms with Crippen molar-refractivity contribution in [3.8, 4) is 23.0 Å². The molecule has 9 nitrogen and oxygen atoms in total. The van der Waals surface area contributed by atoms with Crippen LogP contribution in [0, 0.1) is 0 Å². The zero-order valence-electron chi connectivity index (χ0n) is 36.3. The van der Waals surface area contributed by atoms with Gasteiger partial charge in [-0.05, 0) is 104 Å². The van der Waals surface area contributed by atoms with Gasteiger partial charge in [0.1, 0.15) is 37.7 Å². The zero-order chi connectivity index (χ0) is 41.8. The molecule has 0 aliphatic carbocycles. The van der Waals surface area contributed by atoms with Crippen molar-refractivity contribution in [3.63, 3.8) is 0 Å². The number of pyridine rings is 1. The van der Waals surface area contributed by atoms with Gasteiger partial charge < -0.3 is 33.9 Å². The zero-order valence-corrected chi connectivity index (χ0v) is 36.3. The Kier molecular flexibility index (Phi) is 18.4. The molecule has 3 aromatic carbocycles. The highest BCUT2D eigenvalue weighted by Gasteiger charge is 2.30. The number of carbonyl (C=O) groups is 1. The summed E-state index contributed by atoms with van der Waals surface area (Å²) in [5.41, 5.74) is 4.26. The molecule has 1 fully saturated rings. The minimum Gasteiger partial charge on any atom is -0.493 e. The largest absolute Gasteiger partial charge is 0.493 e. The fourth-order valence-electron chi connectivity index (χ4n) is 7.80. The van der Waals surface area contributed by atoms with Crippen molar-refractivity contribution in [2.75, 3.05) is 58.4 Å². The number of anilines is 2. The monoisotopic (exact) mass is 809 g/mol. The number of nitrogens with one attached hydrogen (secondary N) is 1. The number of benzene rings is 3. The maximum atomic E-state index is 10.6. The quantitative estimate of drug-likeness (QED) is 0.0368. The van der Waals surface area contributed by atoms with Crippen LogP contribution in [0.15, 0.2) is 85.1 Å². The average Bonchev–Trinajstić information content (AvgIpc) is 3.22. The number of aromatic nitrogens is 1. The lowest BCUT2D eigenvalue weighted by Crippen LogP contribution is -2.57. The van der Waals surface area contributed by atoms with Gasteiger partial charge in [0, 0.05) is 35.4 Å². The first-order chi connectivity index (χ1) is 28.6. The molecule has 9 heteroatoms. The van der Waals surface area contributed by atoms with Crippen molar-refractivity contribution in [1.82, 2.24) is 4.98 Å². The summed E-state index contributed by atoms with van der Waals surface area (Å²) in [6.07, 6.45) is 22.1. The number of unbranched alkanes of at least 4 members (excludes halogenated alkanes) is 11. The second-order valence-corrected chi connectivity index (χ2v) is 17.2. The van der Waals surface area contributed by atoms with Crippen LogP contribution in [-0.2, 0) is 14.9 Å². The molecule has 59 heavy (non-hydrogen) atoms. The van der Waals surface area contributed by atoms with Gasteiger partial charge in [0.25, 0.3) is 0 Å². The van der Waals surface area contributed by atoms with E-state index >= 15 is 0 Å². The lowest BCUT2D eigenvalue weighted by molar-refractivity contribution is -0.935. The number of carboxylic acid groups (broad SMARTS) is 1. The van der Waals surface area contributed by atoms with E-state index in [1.807, 2.05) is 42.5 Å².